The van der Waals surface area contributed by atoms with E-state index < -0.39 is 0 Å². The highest BCUT2D eigenvalue weighted by atomic mass is 16.7. The first-order chi connectivity index (χ1) is 6.83. The molecule has 0 saturated carbocycles. The second-order valence-corrected chi connectivity index (χ2v) is 3.38. The smallest absolute Gasteiger partial charge is 0.150 e. The van der Waals surface area contributed by atoms with Crippen LogP contribution >= 0.6 is 0 Å². The van der Waals surface area contributed by atoms with E-state index >= 15 is 0 Å². The summed E-state index contributed by atoms with van der Waals surface area (Å²) in [5.41, 5.74) is 0. The van der Waals surface area contributed by atoms with Gasteiger partial charge in [-0.2, -0.15) is 0 Å². The van der Waals surface area contributed by atoms with Crippen LogP contribution in [0.25, 0.3) is 0 Å². The lowest BCUT2D eigenvalue weighted by molar-refractivity contribution is -0.119. The van der Waals surface area contributed by atoms with Gasteiger partial charge < -0.3 is 14.2 Å². The Morgan fingerprint density at radius 1 is 1.06 bits per heavy atom. The van der Waals surface area contributed by atoms with Crippen LogP contribution in [0.1, 0.15) is 36.1 Å². The van der Waals surface area contributed by atoms with Gasteiger partial charge in [0, 0.05) is 13.0 Å². The molecule has 116 valence electrons. The summed E-state index contributed by atoms with van der Waals surface area (Å²) in [6.07, 6.45) is 0.877. The highest BCUT2D eigenvalue weighted by Crippen LogP contribution is 1.98. The summed E-state index contributed by atoms with van der Waals surface area (Å²) < 4.78 is 16.2. The Hall–Kier alpha value is -0.200. The van der Waals surface area contributed by atoms with Gasteiger partial charge in [0.15, 0.2) is 6.79 Å². The molecule has 0 aromatic heterocycles. The second kappa shape index (κ2) is 16.8. The molecule has 1 fully saturated rings. The predicted octanol–water partition coefficient (Wildman–Crippen LogP) is 2.38. The Bertz CT molecular complexity index is 148. The number of hydrogen-bond donors (Lipinski definition) is 1. The molecule has 0 spiro atoms. The van der Waals surface area contributed by atoms with E-state index in [2.05, 4.69) is 10.2 Å². The largest absolute Gasteiger partial charge is 0.380 e. The molecular formula is C13H36N2O3. The number of nitrogens with one attached hydrogen (secondary N) is 1. The van der Waals surface area contributed by atoms with Gasteiger partial charge in [0.2, 0.25) is 0 Å². The lowest BCUT2D eigenvalue weighted by Crippen LogP contribution is -2.30. The number of nitrogens with zero attached hydrogens (tertiary/aromatic N) is 1. The lowest BCUT2D eigenvalue weighted by atomic mass is 10.4. The molecule has 5 heteroatoms. The van der Waals surface area contributed by atoms with E-state index in [1.54, 1.807) is 0 Å². The van der Waals surface area contributed by atoms with Crippen LogP contribution in [0.2, 0.25) is 0 Å². The molecule has 1 unspecified atom stereocenters. The van der Waals surface area contributed by atoms with Crippen molar-refractivity contribution in [2.45, 2.75) is 42.4 Å². The van der Waals surface area contributed by atoms with Crippen LogP contribution in [0, 0.1) is 0 Å². The molecule has 18 heavy (non-hydrogen) atoms. The van der Waals surface area contributed by atoms with Crippen LogP contribution < -0.4 is 5.32 Å². The molecule has 1 rings (SSSR count). The van der Waals surface area contributed by atoms with E-state index in [0.717, 1.165) is 26.2 Å². The maximum absolute atomic E-state index is 5.45. The fourth-order valence-corrected chi connectivity index (χ4v) is 1.21. The first kappa shape index (κ1) is 26.4. The van der Waals surface area contributed by atoms with Gasteiger partial charge in [-0.15, -0.1) is 0 Å². The zero-order valence-electron chi connectivity index (χ0n) is 8.99. The first-order valence-electron chi connectivity index (χ1n) is 4.96. The SMILES string of the molecule is C.C.C.C.CNC1CCOCCN(C)COCO1. The summed E-state index contributed by atoms with van der Waals surface area (Å²) in [6, 6.07) is 0. The normalized spacial score (nSPS) is 22.0. The monoisotopic (exact) mass is 268 g/mol. The summed E-state index contributed by atoms with van der Waals surface area (Å²) in [6.45, 7) is 3.27. The standard InChI is InChI=1S/C9H20N2O3.4CH4/c1-10-9-3-5-12-6-4-11(2)7-13-8-14-9;;;;/h9-10H,3-8H2,1-2H3;4*1H4. The molecular weight excluding hydrogens is 232 g/mol. The summed E-state index contributed by atoms with van der Waals surface area (Å²) >= 11 is 0. The van der Waals surface area contributed by atoms with Gasteiger partial charge in [-0.3, -0.25) is 10.2 Å². The summed E-state index contributed by atoms with van der Waals surface area (Å²) in [7, 11) is 3.87. The second-order valence-electron chi connectivity index (χ2n) is 3.38. The van der Waals surface area contributed by atoms with E-state index in [9.17, 15) is 0 Å². The molecule has 0 aliphatic carbocycles. The number of hydrogen-bond acceptors (Lipinski definition) is 5. The van der Waals surface area contributed by atoms with Crippen molar-refractivity contribution in [1.29, 1.82) is 0 Å². The quantitative estimate of drug-likeness (QED) is 0.791. The molecule has 1 heterocycles. The summed E-state index contributed by atoms with van der Waals surface area (Å²) in [5, 5.41) is 3.06. The third kappa shape index (κ3) is 12.3. The minimum atomic E-state index is 0. The van der Waals surface area contributed by atoms with Crippen molar-refractivity contribution >= 4 is 0 Å². The van der Waals surface area contributed by atoms with Crippen LogP contribution in [-0.2, 0) is 14.2 Å². The molecule has 0 amide bonds. The molecule has 0 bridgehead atoms. The van der Waals surface area contributed by atoms with Crippen molar-refractivity contribution in [2.24, 2.45) is 0 Å². The van der Waals surface area contributed by atoms with Gasteiger partial charge in [0.25, 0.3) is 0 Å². The van der Waals surface area contributed by atoms with Crippen molar-refractivity contribution in [3.63, 3.8) is 0 Å². The maximum atomic E-state index is 5.45. The highest BCUT2D eigenvalue weighted by Gasteiger charge is 2.08. The molecule has 1 aliphatic heterocycles. The van der Waals surface area contributed by atoms with Crippen LogP contribution in [0.5, 0.6) is 0 Å². The first-order valence-corrected chi connectivity index (χ1v) is 4.96. The van der Waals surface area contributed by atoms with E-state index in [0.29, 0.717) is 13.5 Å². The zero-order valence-corrected chi connectivity index (χ0v) is 8.99. The Kier molecular flexibility index (Phi) is 24.6. The van der Waals surface area contributed by atoms with Crippen molar-refractivity contribution in [1.82, 2.24) is 10.2 Å². The molecule has 1 N–H and O–H groups in total. The van der Waals surface area contributed by atoms with E-state index in [1.165, 1.54) is 0 Å². The Balaban J connectivity index is -0.000000245. The fourth-order valence-electron chi connectivity index (χ4n) is 1.21. The Morgan fingerprint density at radius 3 is 2.33 bits per heavy atom. The van der Waals surface area contributed by atoms with Crippen molar-refractivity contribution < 1.29 is 14.2 Å². The average Bonchev–Trinajstić information content (AvgIpc) is 2.23. The van der Waals surface area contributed by atoms with Crippen LogP contribution in [0.4, 0.5) is 0 Å². The molecule has 0 aromatic carbocycles. The zero-order chi connectivity index (χ0) is 10.2. The minimum absolute atomic E-state index is 0. The van der Waals surface area contributed by atoms with Crippen LogP contribution in [-0.4, -0.2) is 58.5 Å². The molecule has 1 saturated heterocycles. The Morgan fingerprint density at radius 2 is 1.72 bits per heavy atom. The minimum Gasteiger partial charge on any atom is -0.380 e. The lowest BCUT2D eigenvalue weighted by Gasteiger charge is -2.17. The molecule has 1 atom stereocenters. The number of likely N-dealkylation sites (N-methyl/N-ethyl adjacent to an activating group) is 1. The highest BCUT2D eigenvalue weighted by molar-refractivity contribution is 4.52. The van der Waals surface area contributed by atoms with Gasteiger partial charge in [0.1, 0.15) is 13.0 Å². The van der Waals surface area contributed by atoms with Crippen LogP contribution in [0.3, 0.4) is 0 Å². The molecule has 1 aliphatic rings. The fraction of sp³-hybridized carbons (Fsp3) is 1.00. The maximum Gasteiger partial charge on any atom is 0.150 e. The number of rotatable bonds is 1. The van der Waals surface area contributed by atoms with Gasteiger partial charge in [-0.05, 0) is 14.1 Å². The summed E-state index contributed by atoms with van der Waals surface area (Å²) in [4.78, 5) is 2.06. The van der Waals surface area contributed by atoms with E-state index in [-0.39, 0.29) is 35.9 Å². The van der Waals surface area contributed by atoms with Crippen LogP contribution in [0.15, 0.2) is 0 Å². The van der Waals surface area contributed by atoms with Gasteiger partial charge >= 0.3 is 0 Å². The number of ether oxygens (including phenoxy) is 3. The Labute approximate surface area is 115 Å². The average molecular weight is 268 g/mol. The predicted molar refractivity (Wildman–Crippen MR) is 79.7 cm³/mol. The van der Waals surface area contributed by atoms with E-state index in [4.69, 9.17) is 14.2 Å². The van der Waals surface area contributed by atoms with Gasteiger partial charge in [0.05, 0.1) is 13.2 Å². The third-order valence-electron chi connectivity index (χ3n) is 2.13. The van der Waals surface area contributed by atoms with Crippen molar-refractivity contribution in [2.75, 3.05) is 47.4 Å². The van der Waals surface area contributed by atoms with Gasteiger partial charge in [-0.1, -0.05) is 29.7 Å². The third-order valence-corrected chi connectivity index (χ3v) is 2.13. The molecule has 0 aromatic rings. The van der Waals surface area contributed by atoms with Gasteiger partial charge in [-0.25, -0.2) is 0 Å². The summed E-state index contributed by atoms with van der Waals surface area (Å²) in [5.74, 6) is 0. The molecule has 5 nitrogen and oxygen atoms in total. The van der Waals surface area contributed by atoms with Crippen molar-refractivity contribution in [3.8, 4) is 0 Å². The topological polar surface area (TPSA) is 43.0 Å². The molecule has 0 radical (unpaired) electrons. The van der Waals surface area contributed by atoms with E-state index in [1.807, 2.05) is 14.1 Å². The van der Waals surface area contributed by atoms with Crippen molar-refractivity contribution in [3.05, 3.63) is 0 Å².